The molecule has 0 atom stereocenters. The van der Waals surface area contributed by atoms with Gasteiger partial charge in [0.2, 0.25) is 0 Å². The fourth-order valence-corrected chi connectivity index (χ4v) is 2.34. The first-order valence-electron chi connectivity index (χ1n) is 5.38. The van der Waals surface area contributed by atoms with E-state index < -0.39 is 0 Å². The van der Waals surface area contributed by atoms with E-state index in [1.54, 1.807) is 6.07 Å². The average Bonchev–Trinajstić information content (AvgIpc) is 2.34. The molecular weight excluding hydrogens is 363 g/mol. The van der Waals surface area contributed by atoms with Crippen molar-refractivity contribution in [2.24, 2.45) is 0 Å². The molecule has 0 amide bonds. The van der Waals surface area contributed by atoms with E-state index in [0.717, 1.165) is 21.3 Å². The van der Waals surface area contributed by atoms with Gasteiger partial charge in [-0.2, -0.15) is 0 Å². The summed E-state index contributed by atoms with van der Waals surface area (Å²) in [5.74, 6) is 0.955. The van der Waals surface area contributed by atoms with Crippen molar-refractivity contribution < 1.29 is 9.13 Å². The summed E-state index contributed by atoms with van der Waals surface area (Å²) < 4.78 is 19.9. The van der Waals surface area contributed by atoms with Crippen molar-refractivity contribution >= 4 is 31.9 Å². The van der Waals surface area contributed by atoms with E-state index in [2.05, 4.69) is 31.9 Å². The molecule has 0 heterocycles. The second-order valence-electron chi connectivity index (χ2n) is 3.90. The van der Waals surface area contributed by atoms with Gasteiger partial charge >= 0.3 is 0 Å². The number of hydrogen-bond donors (Lipinski definition) is 0. The van der Waals surface area contributed by atoms with Gasteiger partial charge in [-0.1, -0.05) is 44.0 Å². The molecule has 0 unspecified atom stereocenters. The Kier molecular flexibility index (Phi) is 4.40. The Labute approximate surface area is 122 Å². The maximum atomic E-state index is 13.2. The molecule has 0 aliphatic rings. The molecule has 0 N–H and O–H groups in total. The highest BCUT2D eigenvalue weighted by Gasteiger charge is 2.08. The molecule has 2 aromatic carbocycles. The molecule has 0 aromatic heterocycles. The lowest BCUT2D eigenvalue weighted by molar-refractivity contribution is 0.469. The lowest BCUT2D eigenvalue weighted by Crippen LogP contribution is -1.92. The summed E-state index contributed by atoms with van der Waals surface area (Å²) >= 11 is 6.81. The highest BCUT2D eigenvalue weighted by Crippen LogP contribution is 2.31. The zero-order valence-electron chi connectivity index (χ0n) is 9.71. The Balaban J connectivity index is 2.38. The Morgan fingerprint density at radius 1 is 1.11 bits per heavy atom. The Morgan fingerprint density at radius 3 is 2.61 bits per heavy atom. The van der Waals surface area contributed by atoms with Gasteiger partial charge in [0.1, 0.15) is 17.3 Å². The van der Waals surface area contributed by atoms with Gasteiger partial charge in [-0.15, -0.1) is 0 Å². The van der Waals surface area contributed by atoms with Gasteiger partial charge in [0.05, 0.1) is 0 Å². The third-order valence-corrected chi connectivity index (χ3v) is 3.64. The Morgan fingerprint density at radius 2 is 1.89 bits per heavy atom. The minimum atomic E-state index is -0.300. The average molecular weight is 374 g/mol. The molecule has 4 heteroatoms. The van der Waals surface area contributed by atoms with Gasteiger partial charge in [-0.25, -0.2) is 4.39 Å². The maximum absolute atomic E-state index is 13.2. The number of alkyl halides is 1. The zero-order valence-corrected chi connectivity index (χ0v) is 12.9. The summed E-state index contributed by atoms with van der Waals surface area (Å²) in [5.41, 5.74) is 1.92. The van der Waals surface area contributed by atoms with Crippen molar-refractivity contribution in [1.82, 2.24) is 0 Å². The zero-order chi connectivity index (χ0) is 13.1. The topological polar surface area (TPSA) is 9.23 Å². The monoisotopic (exact) mass is 372 g/mol. The van der Waals surface area contributed by atoms with Gasteiger partial charge in [-0.05, 0) is 30.7 Å². The third-order valence-electron chi connectivity index (χ3n) is 2.54. The minimum absolute atomic E-state index is 0.300. The van der Waals surface area contributed by atoms with Crippen LogP contribution in [0.2, 0.25) is 0 Å². The second-order valence-corrected chi connectivity index (χ2v) is 5.37. The Bertz CT molecular complexity index is 570. The van der Waals surface area contributed by atoms with E-state index in [9.17, 15) is 4.39 Å². The number of halogens is 3. The van der Waals surface area contributed by atoms with E-state index in [-0.39, 0.29) is 5.82 Å². The molecular formula is C14H11Br2FO. The van der Waals surface area contributed by atoms with Crippen LogP contribution in [-0.4, -0.2) is 0 Å². The van der Waals surface area contributed by atoms with Crippen molar-refractivity contribution in [2.75, 3.05) is 0 Å². The predicted octanol–water partition coefficient (Wildman–Crippen LogP) is 5.58. The maximum Gasteiger partial charge on any atom is 0.133 e. The number of rotatable bonds is 3. The fourth-order valence-electron chi connectivity index (χ4n) is 1.54. The molecule has 2 aromatic rings. The standard InChI is InChI=1S/C14H11Br2FO/c1-9-2-5-12(17)7-13(9)18-14-6-11(16)4-3-10(14)8-15/h2-7H,8H2,1H3. The fraction of sp³-hybridized carbons (Fsp3) is 0.143. The van der Waals surface area contributed by atoms with Crippen LogP contribution in [0, 0.1) is 12.7 Å². The number of ether oxygens (including phenoxy) is 1. The molecule has 0 saturated carbocycles. The summed E-state index contributed by atoms with van der Waals surface area (Å²) in [6, 6.07) is 10.3. The SMILES string of the molecule is Cc1ccc(F)cc1Oc1cc(Br)ccc1CBr. The van der Waals surface area contributed by atoms with Gasteiger partial charge in [0, 0.05) is 21.4 Å². The molecule has 0 aliphatic heterocycles. The van der Waals surface area contributed by atoms with Crippen molar-refractivity contribution in [3.8, 4) is 11.5 Å². The van der Waals surface area contributed by atoms with Crippen LogP contribution in [0.15, 0.2) is 40.9 Å². The van der Waals surface area contributed by atoms with Crippen LogP contribution in [0.4, 0.5) is 4.39 Å². The van der Waals surface area contributed by atoms with Crippen molar-refractivity contribution in [2.45, 2.75) is 12.3 Å². The van der Waals surface area contributed by atoms with Crippen LogP contribution in [0.3, 0.4) is 0 Å². The summed E-state index contributed by atoms with van der Waals surface area (Å²) in [6.45, 7) is 1.89. The third kappa shape index (κ3) is 3.12. The number of benzene rings is 2. The molecule has 0 spiro atoms. The first-order valence-corrected chi connectivity index (χ1v) is 7.30. The molecule has 1 nitrogen and oxygen atoms in total. The van der Waals surface area contributed by atoms with E-state index >= 15 is 0 Å². The van der Waals surface area contributed by atoms with Crippen LogP contribution >= 0.6 is 31.9 Å². The van der Waals surface area contributed by atoms with E-state index in [4.69, 9.17) is 4.74 Å². The second kappa shape index (κ2) is 5.85. The highest BCUT2D eigenvalue weighted by molar-refractivity contribution is 9.10. The summed E-state index contributed by atoms with van der Waals surface area (Å²) in [7, 11) is 0. The normalized spacial score (nSPS) is 10.4. The summed E-state index contributed by atoms with van der Waals surface area (Å²) in [5, 5.41) is 0.685. The van der Waals surface area contributed by atoms with E-state index in [1.807, 2.05) is 25.1 Å². The van der Waals surface area contributed by atoms with Crippen LogP contribution in [0.25, 0.3) is 0 Å². The largest absolute Gasteiger partial charge is 0.457 e. The molecule has 0 bridgehead atoms. The highest BCUT2D eigenvalue weighted by atomic mass is 79.9. The van der Waals surface area contributed by atoms with Crippen molar-refractivity contribution in [3.63, 3.8) is 0 Å². The van der Waals surface area contributed by atoms with Gasteiger partial charge in [0.15, 0.2) is 0 Å². The van der Waals surface area contributed by atoms with Gasteiger partial charge < -0.3 is 4.74 Å². The van der Waals surface area contributed by atoms with Gasteiger partial charge in [0.25, 0.3) is 0 Å². The molecule has 94 valence electrons. The lowest BCUT2D eigenvalue weighted by Gasteiger charge is -2.12. The smallest absolute Gasteiger partial charge is 0.133 e. The molecule has 0 saturated heterocycles. The van der Waals surface area contributed by atoms with Crippen molar-refractivity contribution in [1.29, 1.82) is 0 Å². The molecule has 2 rings (SSSR count). The lowest BCUT2D eigenvalue weighted by atomic mass is 10.2. The van der Waals surface area contributed by atoms with Crippen LogP contribution in [-0.2, 0) is 5.33 Å². The number of aryl methyl sites for hydroxylation is 1. The van der Waals surface area contributed by atoms with E-state index in [1.165, 1.54) is 12.1 Å². The molecule has 0 fully saturated rings. The predicted molar refractivity (Wildman–Crippen MR) is 78.0 cm³/mol. The Hall–Kier alpha value is -0.870. The molecule has 18 heavy (non-hydrogen) atoms. The quantitative estimate of drug-likeness (QED) is 0.637. The first-order chi connectivity index (χ1) is 8.60. The van der Waals surface area contributed by atoms with Crippen LogP contribution in [0.1, 0.15) is 11.1 Å². The van der Waals surface area contributed by atoms with Gasteiger partial charge in [-0.3, -0.25) is 0 Å². The summed E-state index contributed by atoms with van der Waals surface area (Å²) in [4.78, 5) is 0. The summed E-state index contributed by atoms with van der Waals surface area (Å²) in [6.07, 6.45) is 0. The molecule has 0 radical (unpaired) electrons. The van der Waals surface area contributed by atoms with Crippen molar-refractivity contribution in [3.05, 3.63) is 57.8 Å². The van der Waals surface area contributed by atoms with E-state index in [0.29, 0.717) is 11.1 Å². The van der Waals surface area contributed by atoms with Crippen LogP contribution in [0.5, 0.6) is 11.5 Å². The molecule has 0 aliphatic carbocycles. The first kappa shape index (κ1) is 13.6. The van der Waals surface area contributed by atoms with Crippen LogP contribution < -0.4 is 4.74 Å². The number of hydrogen-bond acceptors (Lipinski definition) is 1. The minimum Gasteiger partial charge on any atom is -0.457 e.